The van der Waals surface area contributed by atoms with Crippen LogP contribution in [0.4, 0.5) is 11.4 Å². The minimum atomic E-state index is -0.346. The van der Waals surface area contributed by atoms with Crippen LogP contribution >= 0.6 is 0 Å². The molecule has 0 unspecified atom stereocenters. The Morgan fingerprint density at radius 2 is 1.77 bits per heavy atom. The predicted octanol–water partition coefficient (Wildman–Crippen LogP) is 3.48. The van der Waals surface area contributed by atoms with Gasteiger partial charge in [0.1, 0.15) is 5.76 Å². The molecule has 0 radical (unpaired) electrons. The van der Waals surface area contributed by atoms with Crippen molar-refractivity contribution in [1.82, 2.24) is 4.98 Å². The molecule has 3 rings (SSSR count). The third-order valence-electron chi connectivity index (χ3n) is 3.24. The van der Waals surface area contributed by atoms with E-state index in [4.69, 9.17) is 10.2 Å². The number of para-hydroxylation sites is 2. The Kier molecular flexibility index (Phi) is 3.62. The molecule has 3 N–H and O–H groups in total. The Morgan fingerprint density at radius 1 is 1.09 bits per heavy atom. The summed E-state index contributed by atoms with van der Waals surface area (Å²) in [5.74, 6) is 0.538. The summed E-state index contributed by atoms with van der Waals surface area (Å²) in [6.45, 7) is 1.71. The molecule has 0 saturated heterocycles. The number of nitrogen functional groups attached to an aromatic ring is 1. The summed E-state index contributed by atoms with van der Waals surface area (Å²) in [7, 11) is 0. The SMILES string of the molecule is Cc1oc(-c2ccccc2)nc1C(=O)Nc1ccccc1N. The number of carbonyl (C=O) groups excluding carboxylic acids is 1. The number of aromatic nitrogens is 1. The van der Waals surface area contributed by atoms with Crippen molar-refractivity contribution < 1.29 is 9.21 Å². The highest BCUT2D eigenvalue weighted by Gasteiger charge is 2.18. The summed E-state index contributed by atoms with van der Waals surface area (Å²) < 4.78 is 5.59. The first-order valence-corrected chi connectivity index (χ1v) is 6.84. The smallest absolute Gasteiger partial charge is 0.277 e. The number of hydrogen-bond donors (Lipinski definition) is 2. The van der Waals surface area contributed by atoms with Gasteiger partial charge in [0.25, 0.3) is 5.91 Å². The highest BCUT2D eigenvalue weighted by atomic mass is 16.4. The molecule has 0 fully saturated rings. The third-order valence-corrected chi connectivity index (χ3v) is 3.24. The highest BCUT2D eigenvalue weighted by molar-refractivity contribution is 6.05. The van der Waals surface area contributed by atoms with Crippen LogP contribution in [0.3, 0.4) is 0 Å². The number of aryl methyl sites for hydroxylation is 1. The predicted molar refractivity (Wildman–Crippen MR) is 85.5 cm³/mol. The molecular weight excluding hydrogens is 278 g/mol. The number of carbonyl (C=O) groups is 1. The molecule has 2 aromatic carbocycles. The standard InChI is InChI=1S/C17H15N3O2/c1-11-15(16(21)19-14-10-6-5-9-13(14)18)20-17(22-11)12-7-3-2-4-8-12/h2-10H,18H2,1H3,(H,19,21). The second-order valence-electron chi connectivity index (χ2n) is 4.83. The van der Waals surface area contributed by atoms with Crippen molar-refractivity contribution in [2.75, 3.05) is 11.1 Å². The Bertz CT molecular complexity index is 810. The average molecular weight is 293 g/mol. The van der Waals surface area contributed by atoms with Crippen LogP contribution < -0.4 is 11.1 Å². The first kappa shape index (κ1) is 13.9. The molecule has 5 heteroatoms. The second-order valence-corrected chi connectivity index (χ2v) is 4.83. The van der Waals surface area contributed by atoms with E-state index in [9.17, 15) is 4.79 Å². The summed E-state index contributed by atoms with van der Waals surface area (Å²) in [6.07, 6.45) is 0. The van der Waals surface area contributed by atoms with E-state index in [1.807, 2.05) is 30.3 Å². The van der Waals surface area contributed by atoms with E-state index in [0.29, 0.717) is 23.0 Å². The van der Waals surface area contributed by atoms with E-state index in [1.165, 1.54) is 0 Å². The second kappa shape index (κ2) is 5.73. The fourth-order valence-electron chi connectivity index (χ4n) is 2.10. The lowest BCUT2D eigenvalue weighted by Gasteiger charge is -2.06. The maximum absolute atomic E-state index is 12.3. The minimum absolute atomic E-state index is 0.252. The van der Waals surface area contributed by atoms with Crippen LogP contribution in [-0.4, -0.2) is 10.9 Å². The van der Waals surface area contributed by atoms with Crippen molar-refractivity contribution in [3.05, 3.63) is 66.1 Å². The lowest BCUT2D eigenvalue weighted by atomic mass is 10.2. The zero-order valence-electron chi connectivity index (χ0n) is 12.0. The van der Waals surface area contributed by atoms with Crippen LogP contribution in [0.5, 0.6) is 0 Å². The van der Waals surface area contributed by atoms with Crippen molar-refractivity contribution >= 4 is 17.3 Å². The first-order valence-electron chi connectivity index (χ1n) is 6.84. The zero-order valence-corrected chi connectivity index (χ0v) is 12.0. The van der Waals surface area contributed by atoms with Gasteiger partial charge in [0.05, 0.1) is 11.4 Å². The van der Waals surface area contributed by atoms with Crippen molar-refractivity contribution in [3.63, 3.8) is 0 Å². The monoisotopic (exact) mass is 293 g/mol. The van der Waals surface area contributed by atoms with E-state index >= 15 is 0 Å². The molecule has 0 bridgehead atoms. The normalized spacial score (nSPS) is 10.4. The summed E-state index contributed by atoms with van der Waals surface area (Å²) in [5, 5.41) is 2.75. The van der Waals surface area contributed by atoms with Gasteiger partial charge in [-0.2, -0.15) is 0 Å². The van der Waals surface area contributed by atoms with Crippen LogP contribution in [0.2, 0.25) is 0 Å². The molecule has 0 atom stereocenters. The van der Waals surface area contributed by atoms with Crippen LogP contribution in [0, 0.1) is 6.92 Å². The van der Waals surface area contributed by atoms with Crippen LogP contribution in [0.1, 0.15) is 16.2 Å². The third kappa shape index (κ3) is 2.69. The Morgan fingerprint density at radius 3 is 2.50 bits per heavy atom. The van der Waals surface area contributed by atoms with Crippen LogP contribution in [0.15, 0.2) is 59.0 Å². The lowest BCUT2D eigenvalue weighted by molar-refractivity contribution is 0.102. The summed E-state index contributed by atoms with van der Waals surface area (Å²) in [5.41, 5.74) is 7.95. The molecule has 110 valence electrons. The van der Waals surface area contributed by atoms with Gasteiger partial charge in [-0.25, -0.2) is 4.98 Å². The van der Waals surface area contributed by atoms with Gasteiger partial charge in [-0.3, -0.25) is 4.79 Å². The Balaban J connectivity index is 1.88. The molecule has 22 heavy (non-hydrogen) atoms. The number of hydrogen-bond acceptors (Lipinski definition) is 4. The van der Waals surface area contributed by atoms with E-state index in [1.54, 1.807) is 31.2 Å². The fraction of sp³-hybridized carbons (Fsp3) is 0.0588. The molecule has 5 nitrogen and oxygen atoms in total. The molecule has 3 aromatic rings. The number of nitrogens with zero attached hydrogens (tertiary/aromatic N) is 1. The van der Waals surface area contributed by atoms with Gasteiger partial charge in [-0.15, -0.1) is 0 Å². The number of anilines is 2. The molecule has 0 aliphatic rings. The summed E-state index contributed by atoms with van der Waals surface area (Å²) in [6, 6.07) is 16.5. The molecule has 0 saturated carbocycles. The molecular formula is C17H15N3O2. The number of amides is 1. The summed E-state index contributed by atoms with van der Waals surface area (Å²) >= 11 is 0. The van der Waals surface area contributed by atoms with Crippen molar-refractivity contribution in [1.29, 1.82) is 0 Å². The molecule has 0 aliphatic carbocycles. The Hall–Kier alpha value is -3.08. The van der Waals surface area contributed by atoms with Crippen LogP contribution in [-0.2, 0) is 0 Å². The van der Waals surface area contributed by atoms with Gasteiger partial charge in [-0.05, 0) is 31.2 Å². The number of rotatable bonds is 3. The largest absolute Gasteiger partial charge is 0.441 e. The van der Waals surface area contributed by atoms with Crippen molar-refractivity contribution in [2.24, 2.45) is 0 Å². The van der Waals surface area contributed by atoms with Gasteiger partial charge in [0.15, 0.2) is 5.69 Å². The molecule has 1 amide bonds. The lowest BCUT2D eigenvalue weighted by Crippen LogP contribution is -2.14. The molecule has 1 heterocycles. The van der Waals surface area contributed by atoms with Gasteiger partial charge in [0.2, 0.25) is 5.89 Å². The van der Waals surface area contributed by atoms with E-state index < -0.39 is 0 Å². The van der Waals surface area contributed by atoms with Gasteiger partial charge >= 0.3 is 0 Å². The fourth-order valence-corrected chi connectivity index (χ4v) is 2.10. The van der Waals surface area contributed by atoms with Crippen molar-refractivity contribution in [2.45, 2.75) is 6.92 Å². The number of oxazole rings is 1. The molecule has 0 aliphatic heterocycles. The van der Waals surface area contributed by atoms with E-state index in [-0.39, 0.29) is 11.6 Å². The molecule has 1 aromatic heterocycles. The summed E-state index contributed by atoms with van der Waals surface area (Å²) in [4.78, 5) is 16.6. The number of nitrogens with one attached hydrogen (secondary N) is 1. The molecule has 0 spiro atoms. The first-order chi connectivity index (χ1) is 10.6. The number of nitrogens with two attached hydrogens (primary N) is 1. The topological polar surface area (TPSA) is 81.2 Å². The average Bonchev–Trinajstić information content (AvgIpc) is 2.92. The Labute approximate surface area is 127 Å². The number of benzene rings is 2. The quantitative estimate of drug-likeness (QED) is 0.724. The highest BCUT2D eigenvalue weighted by Crippen LogP contribution is 2.23. The van der Waals surface area contributed by atoms with Crippen LogP contribution in [0.25, 0.3) is 11.5 Å². The van der Waals surface area contributed by atoms with Crippen molar-refractivity contribution in [3.8, 4) is 11.5 Å². The van der Waals surface area contributed by atoms with Gasteiger partial charge in [0, 0.05) is 5.56 Å². The maximum Gasteiger partial charge on any atom is 0.277 e. The van der Waals surface area contributed by atoms with Gasteiger partial charge < -0.3 is 15.5 Å². The van der Waals surface area contributed by atoms with E-state index in [0.717, 1.165) is 5.56 Å². The van der Waals surface area contributed by atoms with Gasteiger partial charge in [-0.1, -0.05) is 30.3 Å². The van der Waals surface area contributed by atoms with E-state index in [2.05, 4.69) is 10.3 Å². The zero-order chi connectivity index (χ0) is 15.5. The maximum atomic E-state index is 12.3. The minimum Gasteiger partial charge on any atom is -0.441 e.